The zero-order valence-corrected chi connectivity index (χ0v) is 14.8. The molecule has 0 spiro atoms. The number of ether oxygens (including phenoxy) is 2. The molecule has 3 N–H and O–H groups in total. The van der Waals surface area contributed by atoms with Gasteiger partial charge in [-0.2, -0.15) is 5.10 Å². The first-order valence-electron chi connectivity index (χ1n) is 8.40. The van der Waals surface area contributed by atoms with Gasteiger partial charge in [0.2, 0.25) is 5.91 Å². The molecule has 8 nitrogen and oxygen atoms in total. The van der Waals surface area contributed by atoms with Crippen LogP contribution in [0, 0.1) is 6.92 Å². The van der Waals surface area contributed by atoms with Crippen LogP contribution in [0.2, 0.25) is 0 Å². The lowest BCUT2D eigenvalue weighted by molar-refractivity contribution is -0.0136. The molecular formula is C18H22N4O4. The molecule has 138 valence electrons. The summed E-state index contributed by atoms with van der Waals surface area (Å²) in [5.74, 6) is -0.104. The number of aromatic nitrogens is 2. The summed E-state index contributed by atoms with van der Waals surface area (Å²) < 4.78 is 13.0. The summed E-state index contributed by atoms with van der Waals surface area (Å²) in [7, 11) is 1.74. The number of nitrogens with two attached hydrogens (primary N) is 1. The van der Waals surface area contributed by atoms with E-state index in [9.17, 15) is 9.59 Å². The van der Waals surface area contributed by atoms with Gasteiger partial charge in [-0.05, 0) is 43.7 Å². The molecule has 1 saturated heterocycles. The first-order valence-corrected chi connectivity index (χ1v) is 8.40. The van der Waals surface area contributed by atoms with Crippen LogP contribution in [0.3, 0.4) is 0 Å². The molecule has 1 aromatic heterocycles. The molecule has 2 heterocycles. The molecular weight excluding hydrogens is 336 g/mol. The van der Waals surface area contributed by atoms with Crippen molar-refractivity contribution in [2.24, 2.45) is 12.8 Å². The van der Waals surface area contributed by atoms with Gasteiger partial charge < -0.3 is 20.5 Å². The third-order valence-corrected chi connectivity index (χ3v) is 4.28. The second kappa shape index (κ2) is 7.57. The van der Waals surface area contributed by atoms with Crippen molar-refractivity contribution in [3.8, 4) is 5.75 Å². The van der Waals surface area contributed by atoms with Crippen molar-refractivity contribution in [2.45, 2.75) is 25.5 Å². The average Bonchev–Trinajstić information content (AvgIpc) is 2.95. The summed E-state index contributed by atoms with van der Waals surface area (Å²) in [6.45, 7) is 2.76. The molecule has 1 fully saturated rings. The Hall–Kier alpha value is -2.87. The Morgan fingerprint density at radius 3 is 2.69 bits per heavy atom. The fourth-order valence-corrected chi connectivity index (χ4v) is 2.93. The van der Waals surface area contributed by atoms with Crippen LogP contribution in [-0.4, -0.2) is 47.0 Å². The van der Waals surface area contributed by atoms with Gasteiger partial charge in [0, 0.05) is 19.2 Å². The van der Waals surface area contributed by atoms with Gasteiger partial charge in [0.1, 0.15) is 17.5 Å². The molecule has 0 bridgehead atoms. The molecule has 1 aliphatic rings. The van der Waals surface area contributed by atoms with Crippen LogP contribution >= 0.6 is 0 Å². The summed E-state index contributed by atoms with van der Waals surface area (Å²) in [6, 6.07) is 8.12. The predicted octanol–water partition coefficient (Wildman–Crippen LogP) is 0.794. The lowest BCUT2D eigenvalue weighted by Gasteiger charge is -2.32. The number of hydrogen-bond donors (Lipinski definition) is 2. The maximum atomic E-state index is 12.5. The number of primary amides is 1. The maximum Gasteiger partial charge on any atom is 0.269 e. The van der Waals surface area contributed by atoms with E-state index in [2.05, 4.69) is 10.4 Å². The number of aryl methyl sites for hydroxylation is 2. The standard InChI is InChI=1S/C18H22N4O4/c1-11-9-15(22(2)21-11)18(24)20-14-7-8-25-10-16(14)26-13-5-3-12(4-6-13)17(19)23/h3-6,9,14,16H,7-8,10H2,1-2H3,(H2,19,23)(H,20,24)/t14-,16-/m1/s1. The fraction of sp³-hybridized carbons (Fsp3) is 0.389. The van der Waals surface area contributed by atoms with E-state index in [1.54, 1.807) is 42.1 Å². The number of hydrogen-bond acceptors (Lipinski definition) is 5. The molecule has 2 amide bonds. The van der Waals surface area contributed by atoms with E-state index in [4.69, 9.17) is 15.2 Å². The smallest absolute Gasteiger partial charge is 0.269 e. The van der Waals surface area contributed by atoms with E-state index in [1.165, 1.54) is 0 Å². The van der Waals surface area contributed by atoms with E-state index in [0.717, 1.165) is 5.69 Å². The van der Waals surface area contributed by atoms with Gasteiger partial charge in [-0.25, -0.2) is 0 Å². The minimum absolute atomic E-state index is 0.192. The molecule has 3 rings (SSSR count). The van der Waals surface area contributed by atoms with E-state index >= 15 is 0 Å². The zero-order valence-electron chi connectivity index (χ0n) is 14.8. The van der Waals surface area contributed by atoms with E-state index in [1.807, 2.05) is 6.92 Å². The average molecular weight is 358 g/mol. The van der Waals surface area contributed by atoms with Crippen LogP contribution in [-0.2, 0) is 11.8 Å². The van der Waals surface area contributed by atoms with Crippen molar-refractivity contribution in [2.75, 3.05) is 13.2 Å². The van der Waals surface area contributed by atoms with E-state index < -0.39 is 5.91 Å². The Kier molecular flexibility index (Phi) is 5.22. The van der Waals surface area contributed by atoms with Crippen molar-refractivity contribution in [3.05, 3.63) is 47.3 Å². The predicted molar refractivity (Wildman–Crippen MR) is 94.0 cm³/mol. The highest BCUT2D eigenvalue weighted by Gasteiger charge is 2.30. The minimum Gasteiger partial charge on any atom is -0.486 e. The highest BCUT2D eigenvalue weighted by Crippen LogP contribution is 2.19. The second-order valence-corrected chi connectivity index (χ2v) is 6.28. The Morgan fingerprint density at radius 2 is 2.08 bits per heavy atom. The summed E-state index contributed by atoms with van der Waals surface area (Å²) in [6.07, 6.45) is 0.313. The van der Waals surface area contributed by atoms with Crippen LogP contribution in [0.5, 0.6) is 5.75 Å². The summed E-state index contributed by atoms with van der Waals surface area (Å²) in [5, 5.41) is 7.21. The number of carbonyl (C=O) groups is 2. The third-order valence-electron chi connectivity index (χ3n) is 4.28. The van der Waals surface area contributed by atoms with Crippen LogP contribution in [0.4, 0.5) is 0 Å². The first kappa shape index (κ1) is 17.9. The lowest BCUT2D eigenvalue weighted by atomic mass is 10.1. The molecule has 1 aromatic carbocycles. The monoisotopic (exact) mass is 358 g/mol. The number of nitrogens with zero attached hydrogens (tertiary/aromatic N) is 2. The number of rotatable bonds is 5. The molecule has 26 heavy (non-hydrogen) atoms. The van der Waals surface area contributed by atoms with Gasteiger partial charge in [0.15, 0.2) is 0 Å². The van der Waals surface area contributed by atoms with Gasteiger partial charge in [0.05, 0.1) is 18.3 Å². The normalized spacial score (nSPS) is 19.8. The van der Waals surface area contributed by atoms with Crippen LogP contribution in [0.1, 0.15) is 33.0 Å². The lowest BCUT2D eigenvalue weighted by Crippen LogP contribution is -2.51. The Morgan fingerprint density at radius 1 is 1.35 bits per heavy atom. The summed E-state index contributed by atoms with van der Waals surface area (Å²) in [5.41, 5.74) is 6.93. The molecule has 1 aliphatic heterocycles. The van der Waals surface area contributed by atoms with Crippen LogP contribution in [0.15, 0.2) is 30.3 Å². The van der Waals surface area contributed by atoms with Crippen molar-refractivity contribution in [3.63, 3.8) is 0 Å². The Bertz CT molecular complexity index is 800. The van der Waals surface area contributed by atoms with E-state index in [0.29, 0.717) is 36.6 Å². The highest BCUT2D eigenvalue weighted by atomic mass is 16.5. The molecule has 0 radical (unpaired) electrons. The van der Waals surface area contributed by atoms with Crippen molar-refractivity contribution in [1.29, 1.82) is 0 Å². The fourth-order valence-electron chi connectivity index (χ4n) is 2.93. The molecule has 0 aliphatic carbocycles. The van der Waals surface area contributed by atoms with Crippen molar-refractivity contribution >= 4 is 11.8 Å². The largest absolute Gasteiger partial charge is 0.486 e. The van der Waals surface area contributed by atoms with Crippen LogP contribution in [0.25, 0.3) is 0 Å². The van der Waals surface area contributed by atoms with Gasteiger partial charge in [-0.1, -0.05) is 0 Å². The van der Waals surface area contributed by atoms with Crippen molar-refractivity contribution < 1.29 is 19.1 Å². The molecule has 2 aromatic rings. The summed E-state index contributed by atoms with van der Waals surface area (Å²) in [4.78, 5) is 23.7. The van der Waals surface area contributed by atoms with Gasteiger partial charge in [-0.15, -0.1) is 0 Å². The van der Waals surface area contributed by atoms with Crippen molar-refractivity contribution in [1.82, 2.24) is 15.1 Å². The SMILES string of the molecule is Cc1cc(C(=O)N[C@@H]2CCOC[C@H]2Oc2ccc(C(N)=O)cc2)n(C)n1. The maximum absolute atomic E-state index is 12.5. The minimum atomic E-state index is -0.492. The van der Waals surface area contributed by atoms with Crippen LogP contribution < -0.4 is 15.8 Å². The number of amides is 2. The molecule has 2 atom stereocenters. The van der Waals surface area contributed by atoms with Gasteiger partial charge in [-0.3, -0.25) is 14.3 Å². The van der Waals surface area contributed by atoms with Gasteiger partial charge >= 0.3 is 0 Å². The first-order chi connectivity index (χ1) is 12.4. The Balaban J connectivity index is 1.68. The van der Waals surface area contributed by atoms with E-state index in [-0.39, 0.29) is 18.1 Å². The Labute approximate surface area is 151 Å². The van der Waals surface area contributed by atoms with Gasteiger partial charge in [0.25, 0.3) is 5.91 Å². The highest BCUT2D eigenvalue weighted by molar-refractivity contribution is 5.93. The zero-order chi connectivity index (χ0) is 18.7. The molecule has 8 heteroatoms. The molecule has 0 unspecified atom stereocenters. The molecule has 0 saturated carbocycles. The number of carbonyl (C=O) groups excluding carboxylic acids is 2. The number of nitrogens with one attached hydrogen (secondary N) is 1. The number of benzene rings is 1. The third kappa shape index (κ3) is 4.02. The quantitative estimate of drug-likeness (QED) is 0.822. The second-order valence-electron chi connectivity index (χ2n) is 6.28. The summed E-state index contributed by atoms with van der Waals surface area (Å²) >= 11 is 0. The topological polar surface area (TPSA) is 108 Å².